The van der Waals surface area contributed by atoms with Crippen molar-refractivity contribution >= 4 is 0 Å². The van der Waals surface area contributed by atoms with Gasteiger partial charge in [0.25, 0.3) is 0 Å². The Morgan fingerprint density at radius 2 is 1.39 bits per heavy atom. The van der Waals surface area contributed by atoms with Gasteiger partial charge in [0.05, 0.1) is 6.26 Å². The van der Waals surface area contributed by atoms with Crippen LogP contribution in [-0.2, 0) is 0 Å². The summed E-state index contributed by atoms with van der Waals surface area (Å²) in [5.74, 6) is -11.5. The van der Waals surface area contributed by atoms with Crippen LogP contribution in [0.4, 0.5) is 22.0 Å². The highest BCUT2D eigenvalue weighted by Gasteiger charge is 2.27. The zero-order chi connectivity index (χ0) is 16.6. The summed E-state index contributed by atoms with van der Waals surface area (Å²) in [6.45, 7) is 0. The number of benzene rings is 2. The van der Waals surface area contributed by atoms with Crippen LogP contribution in [0, 0.1) is 29.1 Å². The normalized spacial score (nSPS) is 10.8. The van der Waals surface area contributed by atoms with Gasteiger partial charge in [-0.15, -0.1) is 0 Å². The number of rotatable bonds is 3. The molecule has 0 unspecified atom stereocenters. The number of furan rings is 1. The largest absolute Gasteiger partial charge is 0.464 e. The highest BCUT2D eigenvalue weighted by atomic mass is 19.2. The van der Waals surface area contributed by atoms with E-state index in [2.05, 4.69) is 0 Å². The Morgan fingerprint density at radius 3 is 2.00 bits per heavy atom. The fourth-order valence-electron chi connectivity index (χ4n) is 1.95. The summed E-state index contributed by atoms with van der Waals surface area (Å²) in [6, 6.07) is 9.04. The van der Waals surface area contributed by atoms with Gasteiger partial charge in [0, 0.05) is 5.56 Å². The maximum absolute atomic E-state index is 13.6. The smallest absolute Gasteiger partial charge is 0.207 e. The van der Waals surface area contributed by atoms with Crippen LogP contribution < -0.4 is 4.74 Å². The highest BCUT2D eigenvalue weighted by Crippen LogP contribution is 2.34. The summed E-state index contributed by atoms with van der Waals surface area (Å²) >= 11 is 0. The molecule has 3 aromatic rings. The molecular weight excluding hydrogens is 319 g/mol. The van der Waals surface area contributed by atoms with Crippen molar-refractivity contribution in [3.63, 3.8) is 0 Å². The van der Waals surface area contributed by atoms with Crippen molar-refractivity contribution in [2.45, 2.75) is 0 Å². The number of hydrogen-bond donors (Lipinski definition) is 0. The van der Waals surface area contributed by atoms with Gasteiger partial charge >= 0.3 is 0 Å². The lowest BCUT2D eigenvalue weighted by atomic mass is 10.1. The zero-order valence-corrected chi connectivity index (χ0v) is 11.2. The van der Waals surface area contributed by atoms with Crippen molar-refractivity contribution in [3.05, 3.63) is 71.7 Å². The molecule has 0 N–H and O–H groups in total. The molecule has 2 aromatic carbocycles. The third kappa shape index (κ3) is 2.65. The van der Waals surface area contributed by atoms with Gasteiger partial charge in [0.2, 0.25) is 34.8 Å². The molecular formula is C16H7F5O2. The lowest BCUT2D eigenvalue weighted by molar-refractivity contribution is 0.332. The van der Waals surface area contributed by atoms with Crippen molar-refractivity contribution in [2.24, 2.45) is 0 Å². The van der Waals surface area contributed by atoms with Gasteiger partial charge in [0.15, 0.2) is 0 Å². The van der Waals surface area contributed by atoms with Crippen molar-refractivity contribution in [2.75, 3.05) is 0 Å². The Kier molecular flexibility index (Phi) is 3.77. The van der Waals surface area contributed by atoms with Crippen LogP contribution >= 0.6 is 0 Å². The van der Waals surface area contributed by atoms with E-state index in [9.17, 15) is 22.0 Å². The summed E-state index contributed by atoms with van der Waals surface area (Å²) in [7, 11) is 0. The van der Waals surface area contributed by atoms with Crippen molar-refractivity contribution < 1.29 is 31.1 Å². The van der Waals surface area contributed by atoms with Gasteiger partial charge in [-0.25, -0.2) is 13.2 Å². The molecule has 23 heavy (non-hydrogen) atoms. The fourth-order valence-corrected chi connectivity index (χ4v) is 1.95. The van der Waals surface area contributed by atoms with E-state index in [0.717, 1.165) is 0 Å². The van der Waals surface area contributed by atoms with E-state index in [1.165, 1.54) is 24.5 Å². The van der Waals surface area contributed by atoms with E-state index < -0.39 is 34.8 Å². The second-order valence-electron chi connectivity index (χ2n) is 4.51. The first-order valence-corrected chi connectivity index (χ1v) is 6.32. The van der Waals surface area contributed by atoms with Crippen molar-refractivity contribution in [1.29, 1.82) is 0 Å². The predicted molar refractivity (Wildman–Crippen MR) is 70.5 cm³/mol. The fraction of sp³-hybridized carbons (Fsp3) is 0. The van der Waals surface area contributed by atoms with Gasteiger partial charge in [-0.05, 0) is 24.3 Å². The predicted octanol–water partition coefficient (Wildman–Crippen LogP) is 5.43. The van der Waals surface area contributed by atoms with E-state index in [4.69, 9.17) is 9.15 Å². The molecule has 2 nitrogen and oxygen atoms in total. The second kappa shape index (κ2) is 5.75. The second-order valence-corrected chi connectivity index (χ2v) is 4.51. The topological polar surface area (TPSA) is 22.4 Å². The van der Waals surface area contributed by atoms with Crippen LogP contribution in [0.25, 0.3) is 11.3 Å². The quantitative estimate of drug-likeness (QED) is 0.363. The lowest BCUT2D eigenvalue weighted by Crippen LogP contribution is -2.04. The first kappa shape index (κ1) is 15.1. The van der Waals surface area contributed by atoms with Gasteiger partial charge in [-0.3, -0.25) is 0 Å². The minimum atomic E-state index is -2.24. The molecule has 1 heterocycles. The minimum absolute atomic E-state index is 0.109. The van der Waals surface area contributed by atoms with Crippen LogP contribution in [-0.4, -0.2) is 0 Å². The summed E-state index contributed by atoms with van der Waals surface area (Å²) < 4.78 is 76.5. The Morgan fingerprint density at radius 1 is 0.739 bits per heavy atom. The van der Waals surface area contributed by atoms with E-state index in [1.807, 2.05) is 0 Å². The lowest BCUT2D eigenvalue weighted by Gasteiger charge is -2.10. The maximum atomic E-state index is 13.6. The molecule has 1 aromatic heterocycles. The molecule has 7 heteroatoms. The monoisotopic (exact) mass is 326 g/mol. The zero-order valence-electron chi connectivity index (χ0n) is 11.2. The highest BCUT2D eigenvalue weighted by molar-refractivity contribution is 5.59. The molecule has 0 saturated carbocycles. The molecule has 0 aliphatic carbocycles. The Balaban J connectivity index is 2.02. The minimum Gasteiger partial charge on any atom is -0.464 e. The summed E-state index contributed by atoms with van der Waals surface area (Å²) in [5, 5.41) is 0. The van der Waals surface area contributed by atoms with E-state index >= 15 is 0 Å². The Labute approximate surface area is 126 Å². The van der Waals surface area contributed by atoms with Crippen LogP contribution in [0.15, 0.2) is 47.1 Å². The summed E-state index contributed by atoms with van der Waals surface area (Å²) in [6.07, 6.45) is 1.42. The van der Waals surface area contributed by atoms with Gasteiger partial charge in [0.1, 0.15) is 11.5 Å². The molecule has 0 bridgehead atoms. The van der Waals surface area contributed by atoms with Gasteiger partial charge < -0.3 is 9.15 Å². The van der Waals surface area contributed by atoms with Crippen LogP contribution in [0.2, 0.25) is 0 Å². The molecule has 3 rings (SSSR count). The molecule has 0 amide bonds. The van der Waals surface area contributed by atoms with Crippen molar-refractivity contribution in [1.82, 2.24) is 0 Å². The van der Waals surface area contributed by atoms with Gasteiger partial charge in [-0.1, -0.05) is 12.1 Å². The maximum Gasteiger partial charge on any atom is 0.207 e. The van der Waals surface area contributed by atoms with Crippen LogP contribution in [0.1, 0.15) is 0 Å². The van der Waals surface area contributed by atoms with Gasteiger partial charge in [-0.2, -0.15) is 8.78 Å². The van der Waals surface area contributed by atoms with Crippen LogP contribution in [0.5, 0.6) is 11.5 Å². The molecule has 0 spiro atoms. The first-order chi connectivity index (χ1) is 11.0. The SMILES string of the molecule is Fc1c(F)c(F)c(Oc2cccc(-c3ccco3)c2)c(F)c1F. The Bertz CT molecular complexity index is 830. The number of halogens is 5. The average molecular weight is 326 g/mol. The Hall–Kier alpha value is -2.83. The molecule has 118 valence electrons. The summed E-state index contributed by atoms with van der Waals surface area (Å²) in [4.78, 5) is 0. The molecule has 0 saturated heterocycles. The first-order valence-electron chi connectivity index (χ1n) is 6.32. The van der Waals surface area contributed by atoms with E-state index in [-0.39, 0.29) is 5.75 Å². The van der Waals surface area contributed by atoms with E-state index in [1.54, 1.807) is 18.2 Å². The molecule has 0 aliphatic heterocycles. The standard InChI is InChI=1S/C16H7F5O2/c17-11-12(18)14(20)16(15(21)13(11)19)23-9-4-1-3-8(7-9)10-5-2-6-22-10/h1-7H. The number of ether oxygens (including phenoxy) is 1. The van der Waals surface area contributed by atoms with Crippen LogP contribution in [0.3, 0.4) is 0 Å². The molecule has 0 atom stereocenters. The summed E-state index contributed by atoms with van der Waals surface area (Å²) in [5.41, 5.74) is 0.511. The number of hydrogen-bond acceptors (Lipinski definition) is 2. The van der Waals surface area contributed by atoms with Crippen molar-refractivity contribution in [3.8, 4) is 22.8 Å². The molecule has 0 radical (unpaired) electrons. The third-order valence-corrected chi connectivity index (χ3v) is 3.03. The third-order valence-electron chi connectivity index (χ3n) is 3.03. The average Bonchev–Trinajstić information content (AvgIpc) is 3.10. The van der Waals surface area contributed by atoms with E-state index in [0.29, 0.717) is 11.3 Å². The molecule has 0 aliphatic rings. The molecule has 0 fully saturated rings.